The molecule has 0 fully saturated rings. The van der Waals surface area contributed by atoms with Gasteiger partial charge in [0.1, 0.15) is 0 Å². The summed E-state index contributed by atoms with van der Waals surface area (Å²) in [6, 6.07) is 6.11. The smallest absolute Gasteiger partial charge is 0.357 e. The summed E-state index contributed by atoms with van der Waals surface area (Å²) >= 11 is 0. The standard InChI is InChI=1S/C21H23N3O2/c1-5-15-19-16-12-14(8-7-11-24(3)4)9-10-17(16)23-18(19)13-22-20(15)21(25)26-6-2/h9-10,12-13,23H,5-6,11H2,1-4H3. The number of nitrogens with zero attached hydrogens (tertiary/aromatic N) is 2. The number of ether oxygens (including phenoxy) is 1. The van der Waals surface area contributed by atoms with Crippen LogP contribution >= 0.6 is 0 Å². The first-order chi connectivity index (χ1) is 12.5. The number of pyridine rings is 1. The second kappa shape index (κ2) is 7.59. The van der Waals surface area contributed by atoms with Crippen molar-refractivity contribution in [2.75, 3.05) is 27.2 Å². The second-order valence-corrected chi connectivity index (χ2v) is 6.37. The zero-order valence-electron chi connectivity index (χ0n) is 15.6. The number of carbonyl (C=O) groups is 1. The number of nitrogens with one attached hydrogen (secondary N) is 1. The quantitative estimate of drug-likeness (QED) is 0.580. The van der Waals surface area contributed by atoms with E-state index in [1.165, 1.54) is 0 Å². The van der Waals surface area contributed by atoms with Crippen LogP contribution in [-0.4, -0.2) is 48.1 Å². The number of hydrogen-bond acceptors (Lipinski definition) is 4. The van der Waals surface area contributed by atoms with Gasteiger partial charge < -0.3 is 9.72 Å². The predicted molar refractivity (Wildman–Crippen MR) is 104 cm³/mol. The van der Waals surface area contributed by atoms with Crippen molar-refractivity contribution in [2.45, 2.75) is 20.3 Å². The Morgan fingerprint density at radius 3 is 2.77 bits per heavy atom. The fourth-order valence-corrected chi connectivity index (χ4v) is 3.06. The molecule has 0 saturated carbocycles. The van der Waals surface area contributed by atoms with Crippen molar-refractivity contribution >= 4 is 27.8 Å². The number of esters is 1. The summed E-state index contributed by atoms with van der Waals surface area (Å²) in [5.41, 5.74) is 4.19. The van der Waals surface area contributed by atoms with Gasteiger partial charge in [0, 0.05) is 21.9 Å². The monoisotopic (exact) mass is 349 g/mol. The van der Waals surface area contributed by atoms with Crippen molar-refractivity contribution in [2.24, 2.45) is 0 Å². The van der Waals surface area contributed by atoms with Crippen LogP contribution in [0.4, 0.5) is 0 Å². The van der Waals surface area contributed by atoms with Crippen LogP contribution in [0.25, 0.3) is 21.8 Å². The predicted octanol–water partition coefficient (Wildman–Crippen LogP) is 3.37. The molecule has 1 N–H and O–H groups in total. The van der Waals surface area contributed by atoms with Crippen LogP contribution < -0.4 is 0 Å². The van der Waals surface area contributed by atoms with Crippen molar-refractivity contribution in [3.63, 3.8) is 0 Å². The third kappa shape index (κ3) is 3.42. The molecule has 5 heteroatoms. The van der Waals surface area contributed by atoms with Crippen LogP contribution in [-0.2, 0) is 11.2 Å². The van der Waals surface area contributed by atoms with E-state index < -0.39 is 0 Å². The largest absolute Gasteiger partial charge is 0.461 e. The second-order valence-electron chi connectivity index (χ2n) is 6.37. The molecule has 0 bridgehead atoms. The summed E-state index contributed by atoms with van der Waals surface area (Å²) < 4.78 is 5.17. The average Bonchev–Trinajstić information content (AvgIpc) is 2.98. The van der Waals surface area contributed by atoms with Gasteiger partial charge in [-0.05, 0) is 51.2 Å². The molecule has 0 saturated heterocycles. The summed E-state index contributed by atoms with van der Waals surface area (Å²) in [5, 5.41) is 2.08. The van der Waals surface area contributed by atoms with Crippen LogP contribution in [0.15, 0.2) is 24.4 Å². The van der Waals surface area contributed by atoms with E-state index in [9.17, 15) is 4.79 Å². The number of rotatable bonds is 4. The third-order valence-corrected chi connectivity index (χ3v) is 4.19. The number of aromatic amines is 1. The summed E-state index contributed by atoms with van der Waals surface area (Å²) in [6.45, 7) is 4.87. The lowest BCUT2D eigenvalue weighted by molar-refractivity contribution is 0.0518. The Morgan fingerprint density at radius 2 is 2.08 bits per heavy atom. The van der Waals surface area contributed by atoms with E-state index in [1.54, 1.807) is 13.1 Å². The highest BCUT2D eigenvalue weighted by molar-refractivity contribution is 6.11. The van der Waals surface area contributed by atoms with Gasteiger partial charge in [0.2, 0.25) is 0 Å². The van der Waals surface area contributed by atoms with Gasteiger partial charge in [0.15, 0.2) is 5.69 Å². The molecular weight excluding hydrogens is 326 g/mol. The number of benzene rings is 1. The maximum absolute atomic E-state index is 12.3. The maximum atomic E-state index is 12.3. The number of aromatic nitrogens is 2. The third-order valence-electron chi connectivity index (χ3n) is 4.19. The Balaban J connectivity index is 2.18. The van der Waals surface area contributed by atoms with Crippen molar-refractivity contribution in [1.29, 1.82) is 0 Å². The van der Waals surface area contributed by atoms with Gasteiger partial charge in [-0.25, -0.2) is 9.78 Å². The number of hydrogen-bond donors (Lipinski definition) is 1. The first kappa shape index (κ1) is 18.0. The summed E-state index contributed by atoms with van der Waals surface area (Å²) in [7, 11) is 3.99. The molecule has 1 aromatic carbocycles. The Kier molecular flexibility index (Phi) is 5.24. The topological polar surface area (TPSA) is 58.2 Å². The molecule has 0 radical (unpaired) electrons. The van der Waals surface area contributed by atoms with Gasteiger partial charge in [-0.2, -0.15) is 0 Å². The fraction of sp³-hybridized carbons (Fsp3) is 0.333. The molecule has 3 aromatic rings. The molecule has 0 aliphatic carbocycles. The molecule has 0 amide bonds. The molecule has 0 unspecified atom stereocenters. The van der Waals surface area contributed by atoms with Gasteiger partial charge in [-0.3, -0.25) is 4.90 Å². The highest BCUT2D eigenvalue weighted by Crippen LogP contribution is 2.30. The van der Waals surface area contributed by atoms with Crippen molar-refractivity contribution in [1.82, 2.24) is 14.9 Å². The Bertz CT molecular complexity index is 1020. The van der Waals surface area contributed by atoms with E-state index in [-0.39, 0.29) is 5.97 Å². The Labute approximate surface area is 153 Å². The van der Waals surface area contributed by atoms with Gasteiger partial charge in [0.05, 0.1) is 24.9 Å². The van der Waals surface area contributed by atoms with Crippen LogP contribution in [0.3, 0.4) is 0 Å². The lowest BCUT2D eigenvalue weighted by Crippen LogP contribution is -2.10. The minimum absolute atomic E-state index is 0.335. The molecule has 0 spiro atoms. The lowest BCUT2D eigenvalue weighted by Gasteiger charge is -2.08. The first-order valence-corrected chi connectivity index (χ1v) is 8.79. The van der Waals surface area contributed by atoms with Gasteiger partial charge in [-0.15, -0.1) is 0 Å². The molecule has 0 aliphatic heterocycles. The zero-order chi connectivity index (χ0) is 18.7. The van der Waals surface area contributed by atoms with E-state index >= 15 is 0 Å². The highest BCUT2D eigenvalue weighted by atomic mass is 16.5. The first-order valence-electron chi connectivity index (χ1n) is 8.79. The minimum atomic E-state index is -0.373. The summed E-state index contributed by atoms with van der Waals surface area (Å²) in [6.07, 6.45) is 2.40. The average molecular weight is 349 g/mol. The minimum Gasteiger partial charge on any atom is -0.461 e. The molecule has 2 aromatic heterocycles. The fourth-order valence-electron chi connectivity index (χ4n) is 3.06. The van der Waals surface area contributed by atoms with Gasteiger partial charge in [0.25, 0.3) is 0 Å². The van der Waals surface area contributed by atoms with E-state index in [4.69, 9.17) is 4.74 Å². The van der Waals surface area contributed by atoms with Crippen molar-refractivity contribution in [3.8, 4) is 11.8 Å². The molecule has 2 heterocycles. The number of H-pyrrole nitrogens is 1. The number of aryl methyl sites for hydroxylation is 1. The van der Waals surface area contributed by atoms with Crippen LogP contribution in [0.1, 0.15) is 35.5 Å². The lowest BCUT2D eigenvalue weighted by atomic mass is 10.0. The number of carbonyl (C=O) groups excluding carboxylic acids is 1. The Morgan fingerprint density at radius 1 is 1.27 bits per heavy atom. The molecule has 0 aliphatic rings. The molecular formula is C21H23N3O2. The van der Waals surface area contributed by atoms with Crippen LogP contribution in [0.2, 0.25) is 0 Å². The Hall–Kier alpha value is -2.84. The maximum Gasteiger partial charge on any atom is 0.357 e. The molecule has 26 heavy (non-hydrogen) atoms. The van der Waals surface area contributed by atoms with E-state index in [0.717, 1.165) is 32.9 Å². The van der Waals surface area contributed by atoms with E-state index in [1.807, 2.05) is 38.1 Å². The normalized spacial score (nSPS) is 11.0. The van der Waals surface area contributed by atoms with Crippen LogP contribution in [0.5, 0.6) is 0 Å². The summed E-state index contributed by atoms with van der Waals surface area (Å²) in [4.78, 5) is 22.0. The summed E-state index contributed by atoms with van der Waals surface area (Å²) in [5.74, 6) is 5.99. The zero-order valence-corrected chi connectivity index (χ0v) is 15.6. The molecule has 3 rings (SSSR count). The van der Waals surface area contributed by atoms with Gasteiger partial charge >= 0.3 is 5.97 Å². The highest BCUT2D eigenvalue weighted by Gasteiger charge is 2.19. The van der Waals surface area contributed by atoms with Gasteiger partial charge in [-0.1, -0.05) is 18.8 Å². The molecule has 5 nitrogen and oxygen atoms in total. The SMILES string of the molecule is CCOC(=O)c1ncc2[nH]c3ccc(C#CCN(C)C)cc3c2c1CC. The van der Waals surface area contributed by atoms with E-state index in [2.05, 4.69) is 27.9 Å². The molecule has 0 atom stereocenters. The number of fused-ring (bicyclic) bond motifs is 3. The van der Waals surface area contributed by atoms with Crippen molar-refractivity contribution < 1.29 is 9.53 Å². The van der Waals surface area contributed by atoms with Crippen molar-refractivity contribution in [3.05, 3.63) is 41.2 Å². The van der Waals surface area contributed by atoms with Crippen LogP contribution in [0, 0.1) is 11.8 Å². The van der Waals surface area contributed by atoms with E-state index in [0.29, 0.717) is 25.3 Å². The molecule has 134 valence electrons.